The lowest BCUT2D eigenvalue weighted by Crippen LogP contribution is -2.39. The molecule has 0 amide bonds. The molecule has 9 heteroatoms. The molecule has 7 nitrogen and oxygen atoms in total. The molecule has 1 aromatic heterocycles. The largest absolute Gasteiger partial charge is 0.496 e. The summed E-state index contributed by atoms with van der Waals surface area (Å²) in [5.41, 5.74) is 3.35. The first-order valence-electron chi connectivity index (χ1n) is 11.9. The number of allylic oxidation sites excluding steroid dienone is 1. The molecule has 37 heavy (non-hydrogen) atoms. The highest BCUT2D eigenvalue weighted by Crippen LogP contribution is 2.34. The smallest absolute Gasteiger partial charge is 0.338 e. The number of hydrogen-bond acceptors (Lipinski definition) is 7. The van der Waals surface area contributed by atoms with E-state index >= 15 is 0 Å². The lowest BCUT2D eigenvalue weighted by atomic mass is 9.93. The third-order valence-corrected chi connectivity index (χ3v) is 7.83. The summed E-state index contributed by atoms with van der Waals surface area (Å²) in [6.45, 7) is 8.01. The molecule has 0 fully saturated rings. The fourth-order valence-corrected chi connectivity index (χ4v) is 5.87. The van der Waals surface area contributed by atoms with E-state index in [4.69, 9.17) is 14.2 Å². The Balaban J connectivity index is 1.95. The first-order valence-corrected chi connectivity index (χ1v) is 13.5. The van der Waals surface area contributed by atoms with Crippen LogP contribution in [0.1, 0.15) is 56.3 Å². The van der Waals surface area contributed by atoms with Crippen LogP contribution < -0.4 is 24.4 Å². The van der Waals surface area contributed by atoms with Crippen molar-refractivity contribution < 1.29 is 19.0 Å². The Morgan fingerprint density at radius 3 is 2.43 bits per heavy atom. The molecule has 1 atom stereocenters. The number of methoxy groups -OCH3 is 2. The molecule has 1 aliphatic rings. The van der Waals surface area contributed by atoms with Gasteiger partial charge < -0.3 is 14.2 Å². The van der Waals surface area contributed by atoms with Gasteiger partial charge in [-0.1, -0.05) is 49.4 Å². The van der Waals surface area contributed by atoms with Crippen molar-refractivity contribution in [2.24, 2.45) is 4.99 Å². The molecule has 0 radical (unpaired) electrons. The average molecular weight is 586 g/mol. The van der Waals surface area contributed by atoms with Crippen molar-refractivity contribution in [3.8, 4) is 11.5 Å². The van der Waals surface area contributed by atoms with Gasteiger partial charge in [0.2, 0.25) is 0 Å². The summed E-state index contributed by atoms with van der Waals surface area (Å²) in [5, 5.41) is 0. The first-order chi connectivity index (χ1) is 17.7. The van der Waals surface area contributed by atoms with Crippen molar-refractivity contribution in [1.29, 1.82) is 0 Å². The van der Waals surface area contributed by atoms with E-state index < -0.39 is 12.0 Å². The number of aromatic nitrogens is 1. The number of ether oxygens (including phenoxy) is 3. The van der Waals surface area contributed by atoms with Gasteiger partial charge in [-0.3, -0.25) is 9.36 Å². The van der Waals surface area contributed by atoms with E-state index in [-0.39, 0.29) is 12.2 Å². The van der Waals surface area contributed by atoms with Gasteiger partial charge in [0, 0.05) is 11.6 Å². The number of rotatable bonds is 7. The molecule has 3 aromatic rings. The molecule has 4 rings (SSSR count). The molecule has 1 aliphatic heterocycles. The summed E-state index contributed by atoms with van der Waals surface area (Å²) < 4.78 is 19.1. The summed E-state index contributed by atoms with van der Waals surface area (Å²) in [6.07, 6.45) is 1.77. The van der Waals surface area contributed by atoms with Gasteiger partial charge in [-0.2, -0.15) is 0 Å². The lowest BCUT2D eigenvalue weighted by Gasteiger charge is -2.25. The van der Waals surface area contributed by atoms with Gasteiger partial charge in [0.15, 0.2) is 4.80 Å². The maximum atomic E-state index is 13.8. The molecule has 0 aliphatic carbocycles. The average Bonchev–Trinajstić information content (AvgIpc) is 3.17. The van der Waals surface area contributed by atoms with Crippen molar-refractivity contribution in [2.45, 2.75) is 39.7 Å². The Kier molecular flexibility index (Phi) is 8.04. The van der Waals surface area contributed by atoms with Crippen LogP contribution in [0.2, 0.25) is 0 Å². The molecule has 0 spiro atoms. The zero-order valence-electron chi connectivity index (χ0n) is 21.6. The number of fused-ring (bicyclic) bond motifs is 1. The van der Waals surface area contributed by atoms with E-state index in [1.54, 1.807) is 44.8 Å². The summed E-state index contributed by atoms with van der Waals surface area (Å²) in [7, 11) is 3.14. The first kappa shape index (κ1) is 26.9. The molecular weight excluding hydrogens is 556 g/mol. The van der Waals surface area contributed by atoms with Crippen molar-refractivity contribution in [3.63, 3.8) is 0 Å². The number of benzene rings is 2. The van der Waals surface area contributed by atoms with Gasteiger partial charge in [0.05, 0.1) is 47.1 Å². The highest BCUT2D eigenvalue weighted by atomic mass is 79.9. The van der Waals surface area contributed by atoms with Crippen LogP contribution in [0.25, 0.3) is 6.08 Å². The van der Waals surface area contributed by atoms with Crippen LogP contribution in [0, 0.1) is 0 Å². The Labute approximate surface area is 227 Å². The van der Waals surface area contributed by atoms with Crippen LogP contribution in [0.15, 0.2) is 61.9 Å². The van der Waals surface area contributed by atoms with Crippen molar-refractivity contribution in [1.82, 2.24) is 4.57 Å². The summed E-state index contributed by atoms with van der Waals surface area (Å²) in [6, 6.07) is 11.0. The third kappa shape index (κ3) is 5.15. The SMILES string of the molecule is CCOC(=O)C1=C(C)N=c2s/c(=C\c3cc(Br)c(OC)cc3OC)c(=O)n2C1c1ccc(C(C)C)cc1. The topological polar surface area (TPSA) is 79.1 Å². The van der Waals surface area contributed by atoms with Crippen LogP contribution >= 0.6 is 27.3 Å². The molecular formula is C28H29BrN2O5S. The zero-order chi connectivity index (χ0) is 26.9. The van der Waals surface area contributed by atoms with Crippen molar-refractivity contribution >= 4 is 39.3 Å². The van der Waals surface area contributed by atoms with E-state index in [0.717, 1.165) is 10.0 Å². The summed E-state index contributed by atoms with van der Waals surface area (Å²) in [4.78, 5) is 32.1. The Morgan fingerprint density at radius 1 is 1.16 bits per heavy atom. The molecule has 0 saturated carbocycles. The second kappa shape index (κ2) is 11.1. The van der Waals surface area contributed by atoms with Crippen LogP contribution in [0.5, 0.6) is 11.5 Å². The highest BCUT2D eigenvalue weighted by Gasteiger charge is 2.33. The van der Waals surface area contributed by atoms with E-state index in [2.05, 4.69) is 34.8 Å². The summed E-state index contributed by atoms with van der Waals surface area (Å²) >= 11 is 4.77. The Bertz CT molecular complexity index is 1550. The quantitative estimate of drug-likeness (QED) is 0.376. The monoisotopic (exact) mass is 584 g/mol. The van der Waals surface area contributed by atoms with E-state index in [1.807, 2.05) is 30.3 Å². The van der Waals surface area contributed by atoms with Crippen LogP contribution in [0.3, 0.4) is 0 Å². The lowest BCUT2D eigenvalue weighted by molar-refractivity contribution is -0.139. The Hall–Kier alpha value is -3.17. The number of esters is 1. The predicted octanol–water partition coefficient (Wildman–Crippen LogP) is 4.70. The van der Waals surface area contributed by atoms with Gasteiger partial charge in [0.1, 0.15) is 11.5 Å². The minimum Gasteiger partial charge on any atom is -0.496 e. The second-order valence-corrected chi connectivity index (χ2v) is 10.7. The fourth-order valence-electron chi connectivity index (χ4n) is 4.31. The predicted molar refractivity (Wildman–Crippen MR) is 148 cm³/mol. The van der Waals surface area contributed by atoms with Gasteiger partial charge in [-0.25, -0.2) is 9.79 Å². The highest BCUT2D eigenvalue weighted by molar-refractivity contribution is 9.10. The van der Waals surface area contributed by atoms with Gasteiger partial charge in [-0.05, 0) is 59.0 Å². The zero-order valence-corrected chi connectivity index (χ0v) is 24.0. The molecule has 2 heterocycles. The fraction of sp³-hybridized carbons (Fsp3) is 0.321. The molecule has 0 bridgehead atoms. The maximum absolute atomic E-state index is 13.8. The third-order valence-electron chi connectivity index (χ3n) is 6.23. The molecule has 0 N–H and O–H groups in total. The van der Waals surface area contributed by atoms with Crippen molar-refractivity contribution in [3.05, 3.63) is 88.5 Å². The van der Waals surface area contributed by atoms with Crippen LogP contribution in [0.4, 0.5) is 0 Å². The molecule has 2 aromatic carbocycles. The van der Waals surface area contributed by atoms with Gasteiger partial charge >= 0.3 is 5.97 Å². The normalized spacial score (nSPS) is 15.5. The standard InChI is InChI=1S/C28H29BrN2O5S/c1-7-36-27(33)24-16(4)30-28-31(25(24)18-10-8-17(9-11-18)15(2)3)26(32)23(37-28)13-19-12-20(29)22(35-6)14-21(19)34-5/h8-15,25H,7H2,1-6H3/b23-13-. The van der Waals surface area contributed by atoms with Gasteiger partial charge in [0.25, 0.3) is 5.56 Å². The minimum absolute atomic E-state index is 0.227. The number of halogens is 1. The van der Waals surface area contributed by atoms with E-state index in [1.165, 1.54) is 16.9 Å². The van der Waals surface area contributed by atoms with E-state index in [0.29, 0.717) is 43.6 Å². The molecule has 0 saturated heterocycles. The number of carbonyl (C=O) groups is 1. The van der Waals surface area contributed by atoms with Crippen LogP contribution in [-0.4, -0.2) is 31.4 Å². The molecule has 1 unspecified atom stereocenters. The Morgan fingerprint density at radius 2 is 1.84 bits per heavy atom. The number of thiazole rings is 1. The number of hydrogen-bond donors (Lipinski definition) is 0. The van der Waals surface area contributed by atoms with Crippen LogP contribution in [-0.2, 0) is 9.53 Å². The number of carbonyl (C=O) groups excluding carboxylic acids is 1. The van der Waals surface area contributed by atoms with E-state index in [9.17, 15) is 9.59 Å². The van der Waals surface area contributed by atoms with Gasteiger partial charge in [-0.15, -0.1) is 0 Å². The maximum Gasteiger partial charge on any atom is 0.338 e. The molecule has 194 valence electrons. The minimum atomic E-state index is -0.650. The number of nitrogens with zero attached hydrogens (tertiary/aromatic N) is 2. The van der Waals surface area contributed by atoms with Crippen molar-refractivity contribution in [2.75, 3.05) is 20.8 Å². The second-order valence-electron chi connectivity index (χ2n) is 8.85. The summed E-state index contributed by atoms with van der Waals surface area (Å²) in [5.74, 6) is 1.07.